The van der Waals surface area contributed by atoms with E-state index in [1.54, 1.807) is 18.7 Å². The van der Waals surface area contributed by atoms with E-state index in [0.29, 0.717) is 0 Å². The van der Waals surface area contributed by atoms with Crippen molar-refractivity contribution in [2.75, 3.05) is 0 Å². The molecule has 2 saturated carbocycles. The fourth-order valence-electron chi connectivity index (χ4n) is 7.91. The lowest BCUT2D eigenvalue weighted by Crippen LogP contribution is -2.77. The molecule has 10 heteroatoms. The fraction of sp³-hybridized carbons (Fsp3) is 0.789. The van der Waals surface area contributed by atoms with Crippen molar-refractivity contribution in [2.24, 2.45) is 25.4 Å². The molecule has 2 fully saturated rings. The highest BCUT2D eigenvalue weighted by Crippen LogP contribution is 2.71. The van der Waals surface area contributed by atoms with Gasteiger partial charge in [0, 0.05) is 25.4 Å². The fourth-order valence-corrected chi connectivity index (χ4v) is 7.91. The number of fused-ring (bicyclic) bond motifs is 2. The highest BCUT2D eigenvalue weighted by molar-refractivity contribution is 5.23. The van der Waals surface area contributed by atoms with E-state index in [0.717, 1.165) is 25.7 Å². The lowest BCUT2D eigenvalue weighted by molar-refractivity contribution is -0.242. The summed E-state index contributed by atoms with van der Waals surface area (Å²) in [7, 11) is 3.05. The highest BCUT2D eigenvalue weighted by Gasteiger charge is 2.74. The van der Waals surface area contributed by atoms with Gasteiger partial charge in [-0.25, -0.2) is 47.0 Å². The molecular formula is C19H26N6O4. The number of hydrogen-bond acceptors (Lipinski definition) is 4. The molecule has 6 atom stereocenters. The zero-order chi connectivity index (χ0) is 20.8. The first-order valence-corrected chi connectivity index (χ1v) is 10.3. The number of nitrogens with zero attached hydrogens (tertiary/aromatic N) is 6. The molecule has 2 aromatic rings. The van der Waals surface area contributed by atoms with E-state index >= 15 is 0 Å². The molecule has 8 rings (SSSR count). The Labute approximate surface area is 165 Å². The van der Waals surface area contributed by atoms with E-state index in [4.69, 9.17) is 0 Å². The lowest BCUT2D eigenvalue weighted by Gasteiger charge is -2.72. The standard InChI is InChI=1S/C19H26N6O4/c1-17-8-7-11(23-14(27)21(5)15(28)24(17)23)19(3)12(17)10-6-9-18(19,2)25-16(29)20(4)13(26)22(10)25/h10-12H,6-9H2,1-5H3/t10-,11-,12+,17+,18+,19-/m1/s1. The van der Waals surface area contributed by atoms with Crippen LogP contribution in [0.1, 0.15) is 58.5 Å². The van der Waals surface area contributed by atoms with Gasteiger partial charge in [0.1, 0.15) is 0 Å². The first-order valence-electron chi connectivity index (χ1n) is 10.3. The summed E-state index contributed by atoms with van der Waals surface area (Å²) >= 11 is 0. The zero-order valence-corrected chi connectivity index (χ0v) is 17.4. The second kappa shape index (κ2) is 4.46. The molecule has 0 spiro atoms. The second-order valence-electron chi connectivity index (χ2n) is 10.1. The van der Waals surface area contributed by atoms with Crippen LogP contribution in [0, 0.1) is 11.3 Å². The number of rotatable bonds is 0. The van der Waals surface area contributed by atoms with Crippen molar-refractivity contribution in [1.29, 1.82) is 0 Å². The molecule has 0 N–H and O–H groups in total. The Hall–Kier alpha value is -2.52. The van der Waals surface area contributed by atoms with Crippen LogP contribution in [-0.4, -0.2) is 27.9 Å². The minimum atomic E-state index is -0.618. The molecule has 6 aliphatic rings. The highest BCUT2D eigenvalue weighted by atomic mass is 16.2. The monoisotopic (exact) mass is 402 g/mol. The maximum absolute atomic E-state index is 13.1. The van der Waals surface area contributed by atoms with Gasteiger partial charge in [0.05, 0.1) is 23.2 Å². The maximum atomic E-state index is 13.1. The summed E-state index contributed by atoms with van der Waals surface area (Å²) in [4.78, 5) is 52.2. The Kier molecular flexibility index (Phi) is 2.67. The van der Waals surface area contributed by atoms with Crippen LogP contribution in [0.25, 0.3) is 0 Å². The summed E-state index contributed by atoms with van der Waals surface area (Å²) in [6, 6.07) is -0.369. The third-order valence-corrected chi connectivity index (χ3v) is 9.30. The summed E-state index contributed by atoms with van der Waals surface area (Å²) in [5.74, 6) is -0.0218. The van der Waals surface area contributed by atoms with E-state index in [2.05, 4.69) is 20.8 Å². The average Bonchev–Trinajstić information content (AvgIpc) is 3.05. The van der Waals surface area contributed by atoms with Gasteiger partial charge in [0.25, 0.3) is 0 Å². The second-order valence-corrected chi connectivity index (χ2v) is 10.1. The van der Waals surface area contributed by atoms with E-state index in [1.807, 2.05) is 0 Å². The van der Waals surface area contributed by atoms with Crippen molar-refractivity contribution in [2.45, 2.75) is 69.6 Å². The third kappa shape index (κ3) is 1.39. The summed E-state index contributed by atoms with van der Waals surface area (Å²) in [5, 5.41) is 0. The van der Waals surface area contributed by atoms with Crippen LogP contribution in [0.4, 0.5) is 0 Å². The van der Waals surface area contributed by atoms with Crippen molar-refractivity contribution in [1.82, 2.24) is 27.9 Å². The van der Waals surface area contributed by atoms with E-state index in [1.165, 1.54) is 23.2 Å². The molecule has 0 aromatic carbocycles. The molecule has 0 saturated heterocycles. The Bertz CT molecular complexity index is 1350. The third-order valence-electron chi connectivity index (χ3n) is 9.30. The van der Waals surface area contributed by atoms with E-state index in [9.17, 15) is 19.2 Å². The minimum Gasteiger partial charge on any atom is -0.246 e. The molecule has 2 aliphatic carbocycles. The van der Waals surface area contributed by atoms with Gasteiger partial charge >= 0.3 is 22.8 Å². The van der Waals surface area contributed by atoms with Gasteiger partial charge in [-0.05, 0) is 39.5 Å². The normalized spacial score (nSPS) is 41.3. The van der Waals surface area contributed by atoms with Crippen LogP contribution in [0.3, 0.4) is 0 Å². The van der Waals surface area contributed by atoms with Gasteiger partial charge in [0.2, 0.25) is 0 Å². The molecule has 4 aliphatic heterocycles. The average molecular weight is 402 g/mol. The number of hydrogen-bond donors (Lipinski definition) is 0. The van der Waals surface area contributed by atoms with Crippen molar-refractivity contribution < 1.29 is 0 Å². The first-order chi connectivity index (χ1) is 13.5. The molecule has 0 unspecified atom stereocenters. The molecule has 156 valence electrons. The van der Waals surface area contributed by atoms with Gasteiger partial charge in [-0.2, -0.15) is 0 Å². The lowest BCUT2D eigenvalue weighted by atomic mass is 9.43. The van der Waals surface area contributed by atoms with Crippen LogP contribution in [0.5, 0.6) is 0 Å². The molecule has 10 nitrogen and oxygen atoms in total. The predicted molar refractivity (Wildman–Crippen MR) is 103 cm³/mol. The van der Waals surface area contributed by atoms with E-state index in [-0.39, 0.29) is 40.8 Å². The smallest absolute Gasteiger partial charge is 0.246 e. The predicted octanol–water partition coefficient (Wildman–Crippen LogP) is -0.539. The topological polar surface area (TPSA) is 97.9 Å². The van der Waals surface area contributed by atoms with Gasteiger partial charge in [-0.3, -0.25) is 0 Å². The SMILES string of the molecule is Cn1c(=O)n2n(c1=O)[C@@]1(C)CC[C@@H]2[C@]2(C)[C@H]1[C@H]1CC[C@]2(C)n2c(=O)n(C)c(=O)n21. The van der Waals surface area contributed by atoms with Crippen molar-refractivity contribution in [3.63, 3.8) is 0 Å². The van der Waals surface area contributed by atoms with Crippen molar-refractivity contribution in [3.8, 4) is 0 Å². The molecular weight excluding hydrogens is 376 g/mol. The van der Waals surface area contributed by atoms with Crippen LogP contribution in [-0.2, 0) is 25.2 Å². The minimum absolute atomic E-state index is 0.0218. The molecule has 29 heavy (non-hydrogen) atoms. The van der Waals surface area contributed by atoms with Crippen LogP contribution >= 0.6 is 0 Å². The Morgan fingerprint density at radius 3 is 2.00 bits per heavy atom. The van der Waals surface area contributed by atoms with Gasteiger partial charge in [0.15, 0.2) is 0 Å². The van der Waals surface area contributed by atoms with Gasteiger partial charge in [-0.15, -0.1) is 0 Å². The zero-order valence-electron chi connectivity index (χ0n) is 17.4. The Morgan fingerprint density at radius 2 is 1.34 bits per heavy atom. The van der Waals surface area contributed by atoms with Crippen molar-refractivity contribution >= 4 is 0 Å². The molecule has 0 radical (unpaired) electrons. The van der Waals surface area contributed by atoms with Crippen LogP contribution < -0.4 is 22.8 Å². The molecule has 6 heterocycles. The number of aromatic nitrogens is 6. The molecule has 4 bridgehead atoms. The van der Waals surface area contributed by atoms with E-state index < -0.39 is 16.5 Å². The summed E-state index contributed by atoms with van der Waals surface area (Å²) in [6.07, 6.45) is 3.11. The summed E-state index contributed by atoms with van der Waals surface area (Å²) < 4.78 is 9.02. The largest absolute Gasteiger partial charge is 0.347 e. The Morgan fingerprint density at radius 1 is 0.759 bits per heavy atom. The quantitative estimate of drug-likeness (QED) is 0.591. The molecule has 0 amide bonds. The summed E-state index contributed by atoms with van der Waals surface area (Å²) in [6.45, 7) is 6.29. The van der Waals surface area contributed by atoms with Gasteiger partial charge < -0.3 is 0 Å². The summed E-state index contributed by atoms with van der Waals surface area (Å²) in [5.41, 5.74) is -2.83. The van der Waals surface area contributed by atoms with Gasteiger partial charge in [-0.1, -0.05) is 6.92 Å². The van der Waals surface area contributed by atoms with Crippen LogP contribution in [0.15, 0.2) is 19.2 Å². The Balaban J connectivity index is 1.79. The maximum Gasteiger partial charge on any atom is 0.347 e. The molecule has 2 aromatic heterocycles. The first kappa shape index (κ1) is 17.3. The van der Waals surface area contributed by atoms with Crippen molar-refractivity contribution in [3.05, 3.63) is 41.9 Å². The van der Waals surface area contributed by atoms with Crippen LogP contribution in [0.2, 0.25) is 0 Å².